The molecule has 2 fully saturated rings. The van der Waals surface area contributed by atoms with Crippen molar-refractivity contribution in [3.05, 3.63) is 35.9 Å². The van der Waals surface area contributed by atoms with Crippen LogP contribution in [-0.2, 0) is 0 Å². The Morgan fingerprint density at radius 2 is 1.89 bits per heavy atom. The third-order valence-electron chi connectivity index (χ3n) is 4.44. The molecule has 1 N–H and O–H groups in total. The van der Waals surface area contributed by atoms with E-state index in [1.807, 2.05) is 0 Å². The van der Waals surface area contributed by atoms with Crippen molar-refractivity contribution < 1.29 is 0 Å². The first kappa shape index (κ1) is 12.2. The van der Waals surface area contributed by atoms with Crippen LogP contribution in [0.3, 0.4) is 0 Å². The zero-order chi connectivity index (χ0) is 12.2. The Hall–Kier alpha value is -0.860. The van der Waals surface area contributed by atoms with Crippen LogP contribution < -0.4 is 5.32 Å². The van der Waals surface area contributed by atoms with Gasteiger partial charge in [-0.3, -0.25) is 0 Å². The molecule has 0 spiro atoms. The van der Waals surface area contributed by atoms with Crippen LogP contribution in [-0.4, -0.2) is 37.1 Å². The van der Waals surface area contributed by atoms with Crippen molar-refractivity contribution in [2.45, 2.75) is 37.6 Å². The summed E-state index contributed by atoms with van der Waals surface area (Å²) >= 11 is 0. The molecule has 0 bridgehead atoms. The topological polar surface area (TPSA) is 15.3 Å². The van der Waals surface area contributed by atoms with Gasteiger partial charge < -0.3 is 10.2 Å². The van der Waals surface area contributed by atoms with Crippen LogP contribution in [0.5, 0.6) is 0 Å². The van der Waals surface area contributed by atoms with E-state index >= 15 is 0 Å². The van der Waals surface area contributed by atoms with Gasteiger partial charge in [-0.1, -0.05) is 30.3 Å². The Morgan fingerprint density at radius 1 is 1.11 bits per heavy atom. The van der Waals surface area contributed by atoms with E-state index in [-0.39, 0.29) is 0 Å². The lowest BCUT2D eigenvalue weighted by molar-refractivity contribution is 0.251. The van der Waals surface area contributed by atoms with E-state index in [0.717, 1.165) is 5.92 Å². The molecule has 0 unspecified atom stereocenters. The van der Waals surface area contributed by atoms with Crippen LogP contribution in [0.2, 0.25) is 0 Å². The highest BCUT2D eigenvalue weighted by Gasteiger charge is 2.25. The summed E-state index contributed by atoms with van der Waals surface area (Å²) < 4.78 is 0. The first-order chi connectivity index (χ1) is 8.92. The molecule has 18 heavy (non-hydrogen) atoms. The zero-order valence-corrected chi connectivity index (χ0v) is 11.1. The van der Waals surface area contributed by atoms with Crippen LogP contribution in [0.4, 0.5) is 0 Å². The molecule has 1 aromatic rings. The van der Waals surface area contributed by atoms with Gasteiger partial charge in [0, 0.05) is 12.6 Å². The molecule has 1 aromatic carbocycles. The molecule has 2 heterocycles. The van der Waals surface area contributed by atoms with Crippen molar-refractivity contribution >= 4 is 0 Å². The maximum Gasteiger partial charge on any atom is 0.0200 e. The van der Waals surface area contributed by atoms with Gasteiger partial charge in [0.05, 0.1) is 0 Å². The van der Waals surface area contributed by atoms with E-state index < -0.39 is 0 Å². The molecule has 0 amide bonds. The highest BCUT2D eigenvalue weighted by molar-refractivity contribution is 5.20. The Labute approximate surface area is 110 Å². The Kier molecular flexibility index (Phi) is 3.96. The van der Waals surface area contributed by atoms with E-state index in [0.29, 0.717) is 6.04 Å². The summed E-state index contributed by atoms with van der Waals surface area (Å²) in [6.45, 7) is 5.06. The first-order valence-corrected chi connectivity index (χ1v) is 7.42. The molecule has 0 radical (unpaired) electrons. The fourth-order valence-corrected chi connectivity index (χ4v) is 3.45. The van der Waals surface area contributed by atoms with Crippen LogP contribution in [0.15, 0.2) is 30.3 Å². The van der Waals surface area contributed by atoms with Crippen molar-refractivity contribution in [1.82, 2.24) is 10.2 Å². The number of piperidine rings is 1. The highest BCUT2D eigenvalue weighted by Crippen LogP contribution is 2.28. The minimum atomic E-state index is 0.696. The number of likely N-dealkylation sites (tertiary alicyclic amines) is 1. The van der Waals surface area contributed by atoms with E-state index in [2.05, 4.69) is 40.5 Å². The lowest BCUT2D eigenvalue weighted by Gasteiger charge is -2.33. The van der Waals surface area contributed by atoms with Gasteiger partial charge in [-0.2, -0.15) is 0 Å². The second-order valence-corrected chi connectivity index (χ2v) is 5.79. The number of rotatable bonds is 3. The SMILES string of the molecule is c1ccc([C@H]2CCN[C@H](CN3CCCC3)C2)cc1. The number of hydrogen-bond donors (Lipinski definition) is 1. The molecule has 2 atom stereocenters. The van der Waals surface area contributed by atoms with Crippen LogP contribution in [0, 0.1) is 0 Å². The Morgan fingerprint density at radius 3 is 2.67 bits per heavy atom. The highest BCUT2D eigenvalue weighted by atomic mass is 15.2. The maximum absolute atomic E-state index is 3.70. The van der Waals surface area contributed by atoms with E-state index in [1.54, 1.807) is 0 Å². The summed E-state index contributed by atoms with van der Waals surface area (Å²) in [6, 6.07) is 11.7. The number of benzene rings is 1. The molecule has 0 aromatic heterocycles. The second kappa shape index (κ2) is 5.85. The maximum atomic E-state index is 3.70. The van der Waals surface area contributed by atoms with Gasteiger partial charge in [-0.05, 0) is 56.8 Å². The zero-order valence-electron chi connectivity index (χ0n) is 11.1. The smallest absolute Gasteiger partial charge is 0.0200 e. The summed E-state index contributed by atoms with van der Waals surface area (Å²) in [4.78, 5) is 2.63. The summed E-state index contributed by atoms with van der Waals surface area (Å²) in [5.74, 6) is 0.764. The third kappa shape index (κ3) is 2.93. The third-order valence-corrected chi connectivity index (χ3v) is 4.44. The summed E-state index contributed by atoms with van der Waals surface area (Å²) in [7, 11) is 0. The van der Waals surface area contributed by atoms with Crippen LogP contribution in [0.25, 0.3) is 0 Å². The molecule has 2 saturated heterocycles. The number of hydrogen-bond acceptors (Lipinski definition) is 2. The standard InChI is InChI=1S/C16H24N2/c1-2-6-14(7-3-1)15-8-9-17-16(12-15)13-18-10-4-5-11-18/h1-3,6-7,15-17H,4-5,8-13H2/t15-,16-/m0/s1. The first-order valence-electron chi connectivity index (χ1n) is 7.42. The monoisotopic (exact) mass is 244 g/mol. The summed E-state index contributed by atoms with van der Waals surface area (Å²) in [5.41, 5.74) is 1.53. The predicted octanol–water partition coefficient (Wildman–Crippen LogP) is 2.62. The van der Waals surface area contributed by atoms with E-state index in [1.165, 1.54) is 57.4 Å². The van der Waals surface area contributed by atoms with Crippen molar-refractivity contribution in [2.75, 3.05) is 26.2 Å². The van der Waals surface area contributed by atoms with E-state index in [9.17, 15) is 0 Å². The number of nitrogens with zero attached hydrogens (tertiary/aromatic N) is 1. The van der Waals surface area contributed by atoms with Gasteiger partial charge in [0.1, 0.15) is 0 Å². The molecular formula is C16H24N2. The van der Waals surface area contributed by atoms with Gasteiger partial charge >= 0.3 is 0 Å². The van der Waals surface area contributed by atoms with Crippen LogP contribution in [0.1, 0.15) is 37.2 Å². The lowest BCUT2D eigenvalue weighted by atomic mass is 9.86. The van der Waals surface area contributed by atoms with Gasteiger partial charge in [-0.25, -0.2) is 0 Å². The number of nitrogens with one attached hydrogen (secondary N) is 1. The van der Waals surface area contributed by atoms with Gasteiger partial charge in [0.15, 0.2) is 0 Å². The minimum Gasteiger partial charge on any atom is -0.313 e. The second-order valence-electron chi connectivity index (χ2n) is 5.79. The van der Waals surface area contributed by atoms with Crippen molar-refractivity contribution in [2.24, 2.45) is 0 Å². The van der Waals surface area contributed by atoms with Crippen molar-refractivity contribution in [3.8, 4) is 0 Å². The van der Waals surface area contributed by atoms with E-state index in [4.69, 9.17) is 0 Å². The summed E-state index contributed by atoms with van der Waals surface area (Å²) in [6.07, 6.45) is 5.39. The summed E-state index contributed by atoms with van der Waals surface area (Å²) in [5, 5.41) is 3.70. The quantitative estimate of drug-likeness (QED) is 0.879. The Bertz CT molecular complexity index is 357. The lowest BCUT2D eigenvalue weighted by Crippen LogP contribution is -2.44. The molecular weight excluding hydrogens is 220 g/mol. The molecule has 98 valence electrons. The van der Waals surface area contributed by atoms with Gasteiger partial charge in [-0.15, -0.1) is 0 Å². The van der Waals surface area contributed by atoms with Crippen LogP contribution >= 0.6 is 0 Å². The fourth-order valence-electron chi connectivity index (χ4n) is 3.45. The molecule has 2 aliphatic rings. The molecule has 2 aliphatic heterocycles. The average molecular weight is 244 g/mol. The molecule has 0 aliphatic carbocycles. The Balaban J connectivity index is 1.58. The van der Waals surface area contributed by atoms with Crippen molar-refractivity contribution in [3.63, 3.8) is 0 Å². The average Bonchev–Trinajstić information content (AvgIpc) is 2.93. The molecule has 2 heteroatoms. The predicted molar refractivity (Wildman–Crippen MR) is 75.9 cm³/mol. The molecule has 0 saturated carbocycles. The van der Waals surface area contributed by atoms with Crippen molar-refractivity contribution in [1.29, 1.82) is 0 Å². The molecule has 2 nitrogen and oxygen atoms in total. The van der Waals surface area contributed by atoms with Gasteiger partial charge in [0.25, 0.3) is 0 Å². The molecule has 3 rings (SSSR count). The minimum absolute atomic E-state index is 0.696. The van der Waals surface area contributed by atoms with Gasteiger partial charge in [0.2, 0.25) is 0 Å². The fraction of sp³-hybridized carbons (Fsp3) is 0.625. The normalized spacial score (nSPS) is 29.6. The largest absolute Gasteiger partial charge is 0.313 e.